The molecular formula is C12H10ClN5O. The van der Waals surface area contributed by atoms with E-state index < -0.39 is 0 Å². The molecule has 3 rings (SSSR count). The maximum atomic E-state index is 5.95. The molecule has 19 heavy (non-hydrogen) atoms. The molecule has 0 saturated heterocycles. The Labute approximate surface area is 113 Å². The van der Waals surface area contributed by atoms with Crippen LogP contribution >= 0.6 is 11.6 Å². The van der Waals surface area contributed by atoms with E-state index in [1.807, 2.05) is 36.4 Å². The fourth-order valence-electron chi connectivity index (χ4n) is 1.67. The molecule has 0 amide bonds. The van der Waals surface area contributed by atoms with Crippen LogP contribution in [0.1, 0.15) is 5.76 Å². The molecule has 0 fully saturated rings. The largest absolute Gasteiger partial charge is 0.459 e. The second-order valence-corrected chi connectivity index (χ2v) is 4.30. The van der Waals surface area contributed by atoms with E-state index in [9.17, 15) is 0 Å². The summed E-state index contributed by atoms with van der Waals surface area (Å²) in [6.07, 6.45) is 0. The third-order valence-corrected chi connectivity index (χ3v) is 2.77. The van der Waals surface area contributed by atoms with Crippen molar-refractivity contribution < 1.29 is 4.42 Å². The molecule has 96 valence electrons. The fourth-order valence-corrected chi connectivity index (χ4v) is 1.86. The Balaban J connectivity index is 1.72. The zero-order chi connectivity index (χ0) is 13.1. The first-order chi connectivity index (χ1) is 9.31. The van der Waals surface area contributed by atoms with Crippen LogP contribution in [0.2, 0.25) is 5.02 Å². The lowest BCUT2D eigenvalue weighted by Gasteiger charge is -1.99. The molecule has 2 aromatic heterocycles. The summed E-state index contributed by atoms with van der Waals surface area (Å²) in [5, 5.41) is 17.1. The van der Waals surface area contributed by atoms with Gasteiger partial charge in [0.25, 0.3) is 5.95 Å². The van der Waals surface area contributed by atoms with E-state index in [0.29, 0.717) is 17.5 Å². The topological polar surface area (TPSA) is 79.6 Å². The molecule has 2 heterocycles. The Morgan fingerprint density at radius 3 is 3.00 bits per heavy atom. The van der Waals surface area contributed by atoms with Crippen molar-refractivity contribution in [2.24, 2.45) is 0 Å². The van der Waals surface area contributed by atoms with Crippen LogP contribution in [-0.2, 0) is 6.54 Å². The minimum atomic E-state index is 0.431. The maximum Gasteiger partial charge on any atom is 0.263 e. The van der Waals surface area contributed by atoms with Crippen molar-refractivity contribution in [3.8, 4) is 11.3 Å². The zero-order valence-electron chi connectivity index (χ0n) is 9.80. The van der Waals surface area contributed by atoms with Gasteiger partial charge in [-0.2, -0.15) is 5.21 Å². The number of aromatic nitrogens is 4. The van der Waals surface area contributed by atoms with Gasteiger partial charge in [0, 0.05) is 10.6 Å². The van der Waals surface area contributed by atoms with Crippen LogP contribution in [0, 0.1) is 0 Å². The number of aromatic amines is 1. The predicted octanol–water partition coefficient (Wildman–Crippen LogP) is 2.73. The second-order valence-electron chi connectivity index (χ2n) is 3.87. The number of hydrogen-bond donors (Lipinski definition) is 2. The number of benzene rings is 1. The first-order valence-corrected chi connectivity index (χ1v) is 6.01. The van der Waals surface area contributed by atoms with Crippen LogP contribution in [-0.4, -0.2) is 20.6 Å². The van der Waals surface area contributed by atoms with Gasteiger partial charge in [-0.15, -0.1) is 5.10 Å². The first-order valence-electron chi connectivity index (χ1n) is 5.63. The summed E-state index contributed by atoms with van der Waals surface area (Å²) in [6.45, 7) is 0.486. The van der Waals surface area contributed by atoms with Gasteiger partial charge in [0.2, 0.25) is 0 Å². The van der Waals surface area contributed by atoms with E-state index in [2.05, 4.69) is 25.9 Å². The van der Waals surface area contributed by atoms with Gasteiger partial charge in [0.15, 0.2) is 0 Å². The molecule has 0 aliphatic rings. The lowest BCUT2D eigenvalue weighted by Crippen LogP contribution is -1.99. The molecule has 0 aliphatic carbocycles. The zero-order valence-corrected chi connectivity index (χ0v) is 10.6. The minimum Gasteiger partial charge on any atom is -0.459 e. The van der Waals surface area contributed by atoms with Crippen molar-refractivity contribution in [1.29, 1.82) is 0 Å². The summed E-state index contributed by atoms with van der Waals surface area (Å²) < 4.78 is 5.72. The maximum absolute atomic E-state index is 5.95. The van der Waals surface area contributed by atoms with Gasteiger partial charge >= 0.3 is 0 Å². The second kappa shape index (κ2) is 5.11. The van der Waals surface area contributed by atoms with Gasteiger partial charge in [-0.05, 0) is 29.5 Å². The number of anilines is 1. The molecule has 1 aromatic carbocycles. The van der Waals surface area contributed by atoms with Crippen molar-refractivity contribution in [3.05, 3.63) is 47.2 Å². The number of nitrogens with one attached hydrogen (secondary N) is 2. The molecule has 2 N–H and O–H groups in total. The van der Waals surface area contributed by atoms with E-state index in [1.165, 1.54) is 0 Å². The van der Waals surface area contributed by atoms with Crippen LogP contribution in [0.4, 0.5) is 5.95 Å². The molecule has 0 spiro atoms. The number of hydrogen-bond acceptors (Lipinski definition) is 5. The number of tetrazole rings is 1. The van der Waals surface area contributed by atoms with Crippen LogP contribution < -0.4 is 5.32 Å². The van der Waals surface area contributed by atoms with E-state index in [4.69, 9.17) is 16.0 Å². The van der Waals surface area contributed by atoms with Crippen molar-refractivity contribution >= 4 is 17.5 Å². The normalized spacial score (nSPS) is 10.6. The Morgan fingerprint density at radius 1 is 1.26 bits per heavy atom. The van der Waals surface area contributed by atoms with E-state index in [1.54, 1.807) is 0 Å². The van der Waals surface area contributed by atoms with Crippen LogP contribution in [0.25, 0.3) is 11.3 Å². The quantitative estimate of drug-likeness (QED) is 0.765. The third-order valence-electron chi connectivity index (χ3n) is 2.54. The Hall–Kier alpha value is -2.34. The van der Waals surface area contributed by atoms with Gasteiger partial charge in [-0.25, -0.2) is 0 Å². The number of halogens is 1. The molecule has 0 saturated carbocycles. The highest BCUT2D eigenvalue weighted by Gasteiger charge is 2.06. The molecule has 3 aromatic rings. The lowest BCUT2D eigenvalue weighted by atomic mass is 10.2. The summed E-state index contributed by atoms with van der Waals surface area (Å²) in [4.78, 5) is 0. The van der Waals surface area contributed by atoms with Crippen LogP contribution in [0.5, 0.6) is 0 Å². The van der Waals surface area contributed by atoms with Crippen molar-refractivity contribution in [2.75, 3.05) is 5.32 Å². The summed E-state index contributed by atoms with van der Waals surface area (Å²) in [5.74, 6) is 1.98. The molecule has 0 unspecified atom stereocenters. The Morgan fingerprint density at radius 2 is 2.21 bits per heavy atom. The molecule has 0 bridgehead atoms. The molecule has 0 aliphatic heterocycles. The van der Waals surface area contributed by atoms with Gasteiger partial charge in [0.1, 0.15) is 11.5 Å². The van der Waals surface area contributed by atoms with E-state index in [0.717, 1.165) is 17.1 Å². The number of furan rings is 1. The first kappa shape index (κ1) is 11.7. The van der Waals surface area contributed by atoms with E-state index >= 15 is 0 Å². The van der Waals surface area contributed by atoms with Crippen molar-refractivity contribution in [2.45, 2.75) is 6.54 Å². The smallest absolute Gasteiger partial charge is 0.263 e. The third kappa shape index (κ3) is 2.74. The SMILES string of the molecule is Clc1cccc(-c2ccc(CNc3nn[nH]n3)o2)c1. The number of H-pyrrole nitrogens is 1. The van der Waals surface area contributed by atoms with Crippen molar-refractivity contribution in [3.63, 3.8) is 0 Å². The highest BCUT2D eigenvalue weighted by atomic mass is 35.5. The average Bonchev–Trinajstić information content (AvgIpc) is 3.08. The number of rotatable bonds is 4. The van der Waals surface area contributed by atoms with Crippen LogP contribution in [0.3, 0.4) is 0 Å². The molecule has 7 heteroatoms. The Kier molecular flexibility index (Phi) is 3.16. The monoisotopic (exact) mass is 275 g/mol. The van der Waals surface area contributed by atoms with Crippen molar-refractivity contribution in [1.82, 2.24) is 20.6 Å². The summed E-state index contributed by atoms with van der Waals surface area (Å²) in [6, 6.07) is 11.3. The highest BCUT2D eigenvalue weighted by Crippen LogP contribution is 2.24. The lowest BCUT2D eigenvalue weighted by molar-refractivity contribution is 0.531. The number of nitrogens with zero attached hydrogens (tertiary/aromatic N) is 3. The van der Waals surface area contributed by atoms with Gasteiger partial charge < -0.3 is 9.73 Å². The highest BCUT2D eigenvalue weighted by molar-refractivity contribution is 6.30. The van der Waals surface area contributed by atoms with Crippen LogP contribution in [0.15, 0.2) is 40.8 Å². The summed E-state index contributed by atoms with van der Waals surface area (Å²) in [7, 11) is 0. The average molecular weight is 276 g/mol. The molecule has 0 atom stereocenters. The van der Waals surface area contributed by atoms with E-state index in [-0.39, 0.29) is 0 Å². The summed E-state index contributed by atoms with van der Waals surface area (Å²) in [5.41, 5.74) is 0.943. The summed E-state index contributed by atoms with van der Waals surface area (Å²) >= 11 is 5.95. The van der Waals surface area contributed by atoms with Gasteiger partial charge in [-0.3, -0.25) is 0 Å². The van der Waals surface area contributed by atoms with Gasteiger partial charge in [0.05, 0.1) is 6.54 Å². The molecule has 6 nitrogen and oxygen atoms in total. The van der Waals surface area contributed by atoms with Gasteiger partial charge in [-0.1, -0.05) is 28.8 Å². The predicted molar refractivity (Wildman–Crippen MR) is 70.7 cm³/mol. The fraction of sp³-hybridized carbons (Fsp3) is 0.0833. The standard InChI is InChI=1S/C12H10ClN5O/c13-9-3-1-2-8(6-9)11-5-4-10(19-11)7-14-12-15-17-18-16-12/h1-6H,7H2,(H2,14,15,16,17,18). The minimum absolute atomic E-state index is 0.431. The Bertz CT molecular complexity index is 664. The molecule has 0 radical (unpaired) electrons. The molecular weight excluding hydrogens is 266 g/mol.